The van der Waals surface area contributed by atoms with E-state index in [1.165, 1.54) is 0 Å². The van der Waals surface area contributed by atoms with Gasteiger partial charge < -0.3 is 0 Å². The Bertz CT molecular complexity index is 414. The number of rotatable bonds is 0. The van der Waals surface area contributed by atoms with Gasteiger partial charge in [-0.15, -0.1) is 0 Å². The summed E-state index contributed by atoms with van der Waals surface area (Å²) in [4.78, 5) is 22.9. The molecule has 2 nitrogen and oxygen atoms in total. The molecule has 0 amide bonds. The average molecular weight is 186 g/mol. The Morgan fingerprint density at radius 3 is 1.57 bits per heavy atom. The maximum atomic E-state index is 11.5. The second-order valence-corrected chi connectivity index (χ2v) is 4.01. The first-order valence-corrected chi connectivity index (χ1v) is 4.98. The SMILES string of the molecule is O=C1CCc2cc3c(cc21)CCC3=O. The van der Waals surface area contributed by atoms with Crippen LogP contribution in [0.15, 0.2) is 12.1 Å². The first-order valence-electron chi connectivity index (χ1n) is 4.98. The maximum absolute atomic E-state index is 11.5. The predicted octanol–water partition coefficient (Wildman–Crippen LogP) is 1.94. The summed E-state index contributed by atoms with van der Waals surface area (Å²) in [6.07, 6.45) is 2.86. The molecule has 14 heavy (non-hydrogen) atoms. The zero-order valence-electron chi connectivity index (χ0n) is 7.80. The van der Waals surface area contributed by atoms with Crippen molar-refractivity contribution >= 4 is 11.6 Å². The monoisotopic (exact) mass is 186 g/mol. The number of ketones is 2. The lowest BCUT2D eigenvalue weighted by atomic mass is 10.0. The van der Waals surface area contributed by atoms with Gasteiger partial charge in [-0.25, -0.2) is 0 Å². The van der Waals surface area contributed by atoms with Gasteiger partial charge in [-0.3, -0.25) is 9.59 Å². The van der Waals surface area contributed by atoms with Crippen molar-refractivity contribution in [1.82, 2.24) is 0 Å². The molecule has 2 aliphatic rings. The lowest BCUT2D eigenvalue weighted by Gasteiger charge is -2.02. The summed E-state index contributed by atoms with van der Waals surface area (Å²) in [5, 5.41) is 0. The Kier molecular flexibility index (Phi) is 1.43. The van der Waals surface area contributed by atoms with E-state index in [-0.39, 0.29) is 11.6 Å². The molecule has 0 unspecified atom stereocenters. The highest BCUT2D eigenvalue weighted by atomic mass is 16.1. The molecule has 0 aromatic heterocycles. The van der Waals surface area contributed by atoms with Crippen LogP contribution in [0.3, 0.4) is 0 Å². The van der Waals surface area contributed by atoms with E-state index in [2.05, 4.69) is 0 Å². The number of hydrogen-bond donors (Lipinski definition) is 0. The van der Waals surface area contributed by atoms with Crippen molar-refractivity contribution in [3.8, 4) is 0 Å². The molecule has 2 heteroatoms. The van der Waals surface area contributed by atoms with Gasteiger partial charge >= 0.3 is 0 Å². The van der Waals surface area contributed by atoms with Gasteiger partial charge in [-0.05, 0) is 36.1 Å². The van der Waals surface area contributed by atoms with Crippen molar-refractivity contribution in [2.45, 2.75) is 25.7 Å². The lowest BCUT2D eigenvalue weighted by Crippen LogP contribution is -1.96. The highest BCUT2D eigenvalue weighted by molar-refractivity contribution is 6.05. The third-order valence-corrected chi connectivity index (χ3v) is 3.17. The minimum absolute atomic E-state index is 0.238. The van der Waals surface area contributed by atoms with Gasteiger partial charge in [0.15, 0.2) is 11.6 Å². The van der Waals surface area contributed by atoms with Crippen LogP contribution >= 0.6 is 0 Å². The number of carbonyl (C=O) groups is 2. The summed E-state index contributed by atoms with van der Waals surface area (Å²) in [6.45, 7) is 0. The molecule has 0 bridgehead atoms. The highest BCUT2D eigenvalue weighted by Gasteiger charge is 2.26. The van der Waals surface area contributed by atoms with Gasteiger partial charge in [0.2, 0.25) is 0 Å². The van der Waals surface area contributed by atoms with Gasteiger partial charge in [0.05, 0.1) is 0 Å². The fourth-order valence-electron chi connectivity index (χ4n) is 2.39. The Balaban J connectivity index is 2.24. The van der Waals surface area contributed by atoms with Crippen molar-refractivity contribution in [1.29, 1.82) is 0 Å². The van der Waals surface area contributed by atoms with Gasteiger partial charge in [0, 0.05) is 24.0 Å². The quantitative estimate of drug-likeness (QED) is 0.620. The summed E-state index contributed by atoms with van der Waals surface area (Å²) >= 11 is 0. The van der Waals surface area contributed by atoms with Crippen LogP contribution in [0, 0.1) is 0 Å². The van der Waals surface area contributed by atoms with Crippen molar-refractivity contribution in [3.63, 3.8) is 0 Å². The molecule has 0 spiro atoms. The normalized spacial score (nSPS) is 18.6. The number of benzene rings is 1. The number of fused-ring (bicyclic) bond motifs is 2. The van der Waals surface area contributed by atoms with Crippen LogP contribution in [-0.4, -0.2) is 11.6 Å². The van der Waals surface area contributed by atoms with E-state index in [9.17, 15) is 9.59 Å². The smallest absolute Gasteiger partial charge is 0.163 e. The Labute approximate surface area is 81.9 Å². The summed E-state index contributed by atoms with van der Waals surface area (Å²) in [6, 6.07) is 3.87. The molecule has 0 saturated heterocycles. The standard InChI is InChI=1S/C12H10O2/c13-11-3-1-7-5-10-8(6-9(7)11)2-4-12(10)14/h5-6H,1-4H2. The predicted molar refractivity (Wildman–Crippen MR) is 51.7 cm³/mol. The largest absolute Gasteiger partial charge is 0.294 e. The Morgan fingerprint density at radius 1 is 0.714 bits per heavy atom. The zero-order valence-corrected chi connectivity index (χ0v) is 7.80. The molecular formula is C12H10O2. The van der Waals surface area contributed by atoms with Crippen molar-refractivity contribution < 1.29 is 9.59 Å². The van der Waals surface area contributed by atoms with E-state index in [0.29, 0.717) is 12.8 Å². The highest BCUT2D eigenvalue weighted by Crippen LogP contribution is 2.30. The van der Waals surface area contributed by atoms with Crippen molar-refractivity contribution in [3.05, 3.63) is 34.4 Å². The van der Waals surface area contributed by atoms with E-state index in [0.717, 1.165) is 35.1 Å². The second-order valence-electron chi connectivity index (χ2n) is 4.01. The summed E-state index contributed by atoms with van der Waals surface area (Å²) in [5.41, 5.74) is 3.87. The molecule has 0 radical (unpaired) electrons. The number of carbonyl (C=O) groups excluding carboxylic acids is 2. The first-order chi connectivity index (χ1) is 6.75. The topological polar surface area (TPSA) is 34.1 Å². The lowest BCUT2D eigenvalue weighted by molar-refractivity contribution is 0.0986. The van der Waals surface area contributed by atoms with Crippen LogP contribution < -0.4 is 0 Å². The minimum Gasteiger partial charge on any atom is -0.294 e. The van der Waals surface area contributed by atoms with E-state index in [1.54, 1.807) is 0 Å². The molecule has 1 aromatic rings. The second kappa shape index (κ2) is 2.53. The Morgan fingerprint density at radius 2 is 1.14 bits per heavy atom. The van der Waals surface area contributed by atoms with E-state index >= 15 is 0 Å². The fourth-order valence-corrected chi connectivity index (χ4v) is 2.39. The average Bonchev–Trinajstić information content (AvgIpc) is 2.71. The van der Waals surface area contributed by atoms with Gasteiger partial charge in [-0.1, -0.05) is 0 Å². The van der Waals surface area contributed by atoms with Gasteiger partial charge in [0.25, 0.3) is 0 Å². The maximum Gasteiger partial charge on any atom is 0.163 e. The molecule has 0 aliphatic heterocycles. The molecule has 1 aromatic carbocycles. The van der Waals surface area contributed by atoms with E-state index in [4.69, 9.17) is 0 Å². The van der Waals surface area contributed by atoms with Crippen LogP contribution in [0.2, 0.25) is 0 Å². The van der Waals surface area contributed by atoms with Crippen LogP contribution in [0.1, 0.15) is 44.7 Å². The molecular weight excluding hydrogens is 176 g/mol. The van der Waals surface area contributed by atoms with Crippen LogP contribution in [0.25, 0.3) is 0 Å². The fraction of sp³-hybridized carbons (Fsp3) is 0.333. The molecule has 0 heterocycles. The summed E-state index contributed by atoms with van der Waals surface area (Å²) < 4.78 is 0. The van der Waals surface area contributed by atoms with Crippen molar-refractivity contribution in [2.24, 2.45) is 0 Å². The van der Waals surface area contributed by atoms with Crippen LogP contribution in [0.4, 0.5) is 0 Å². The molecule has 3 rings (SSSR count). The number of Topliss-reactive ketones (excluding diaryl/α,β-unsaturated/α-hetero) is 2. The van der Waals surface area contributed by atoms with Crippen LogP contribution in [0.5, 0.6) is 0 Å². The third-order valence-electron chi connectivity index (χ3n) is 3.17. The third kappa shape index (κ3) is 0.910. The molecule has 0 fully saturated rings. The molecule has 0 N–H and O–H groups in total. The van der Waals surface area contributed by atoms with E-state index in [1.807, 2.05) is 12.1 Å². The minimum atomic E-state index is 0.238. The van der Waals surface area contributed by atoms with Crippen molar-refractivity contribution in [2.75, 3.05) is 0 Å². The van der Waals surface area contributed by atoms with E-state index < -0.39 is 0 Å². The van der Waals surface area contributed by atoms with Gasteiger partial charge in [0.1, 0.15) is 0 Å². The summed E-state index contributed by atoms with van der Waals surface area (Å²) in [7, 11) is 0. The summed E-state index contributed by atoms with van der Waals surface area (Å²) in [5.74, 6) is 0.476. The molecule has 0 saturated carbocycles. The molecule has 2 aliphatic carbocycles. The first kappa shape index (κ1) is 7.92. The van der Waals surface area contributed by atoms with Crippen LogP contribution in [-0.2, 0) is 12.8 Å². The zero-order chi connectivity index (χ0) is 9.71. The van der Waals surface area contributed by atoms with Gasteiger partial charge in [-0.2, -0.15) is 0 Å². The number of aryl methyl sites for hydroxylation is 2. The number of hydrogen-bond acceptors (Lipinski definition) is 2. The molecule has 0 atom stereocenters. The Hall–Kier alpha value is -1.44. The molecule has 70 valence electrons.